The standard InChI is InChI=1S/C41H36Cl2F6N2O7/c1-24(25(2)55-38(53)35(27-10-14-31(42)15-11-27)57-33-8-4-6-29(22-33)40(44,45)46)50-18-20-51(21-19-50)37(52)26(3)56-39(54)36(28-12-16-32(43)17-13-28)58-34-9-5-7-30(23-34)41(47,48)49/h4-17,22-23,25-26,35-36H,1,18-21H2,2-3H3/t25-,26-,35+,36+/m0/s1. The molecule has 0 N–H and O–H groups in total. The maximum atomic E-state index is 13.5. The summed E-state index contributed by atoms with van der Waals surface area (Å²) in [6.45, 7) is 7.74. The third-order valence-corrected chi connectivity index (χ3v) is 9.51. The normalized spacial score (nSPS) is 15.4. The molecule has 4 aromatic rings. The van der Waals surface area contributed by atoms with E-state index in [9.17, 15) is 40.7 Å². The fourth-order valence-electron chi connectivity index (χ4n) is 5.86. The fourth-order valence-corrected chi connectivity index (χ4v) is 6.11. The predicted octanol–water partition coefficient (Wildman–Crippen LogP) is 9.49. The number of ether oxygens (including phenoxy) is 4. The highest BCUT2D eigenvalue weighted by Gasteiger charge is 2.36. The zero-order chi connectivity index (χ0) is 42.4. The molecule has 1 fully saturated rings. The quantitative estimate of drug-likeness (QED) is 0.0971. The van der Waals surface area contributed by atoms with E-state index in [1.807, 2.05) is 0 Å². The molecular weight excluding hydrogens is 817 g/mol. The van der Waals surface area contributed by atoms with Crippen molar-refractivity contribution in [2.75, 3.05) is 26.2 Å². The van der Waals surface area contributed by atoms with E-state index in [1.165, 1.54) is 72.5 Å². The molecule has 0 radical (unpaired) electrons. The van der Waals surface area contributed by atoms with Crippen LogP contribution in [0, 0.1) is 0 Å². The molecule has 0 aliphatic carbocycles. The van der Waals surface area contributed by atoms with E-state index in [1.54, 1.807) is 11.8 Å². The molecule has 5 rings (SSSR count). The minimum atomic E-state index is -4.66. The highest BCUT2D eigenvalue weighted by molar-refractivity contribution is 6.30. The van der Waals surface area contributed by atoms with Crippen molar-refractivity contribution in [3.63, 3.8) is 0 Å². The number of rotatable bonds is 13. The second-order valence-corrected chi connectivity index (χ2v) is 14.0. The highest BCUT2D eigenvalue weighted by atomic mass is 35.5. The Balaban J connectivity index is 1.19. The van der Waals surface area contributed by atoms with Crippen molar-refractivity contribution < 1.29 is 59.7 Å². The molecule has 1 heterocycles. The van der Waals surface area contributed by atoms with Crippen molar-refractivity contribution in [2.45, 2.75) is 50.6 Å². The number of amides is 1. The van der Waals surface area contributed by atoms with Gasteiger partial charge in [0.1, 0.15) is 17.6 Å². The van der Waals surface area contributed by atoms with Gasteiger partial charge in [0.2, 0.25) is 12.2 Å². The summed E-state index contributed by atoms with van der Waals surface area (Å²) in [7, 11) is 0. The van der Waals surface area contributed by atoms with Crippen LogP contribution in [0.15, 0.2) is 109 Å². The fraction of sp³-hybridized carbons (Fsp3) is 0.293. The first-order valence-corrected chi connectivity index (χ1v) is 18.4. The summed E-state index contributed by atoms with van der Waals surface area (Å²) in [4.78, 5) is 43.6. The number of halogens is 8. The smallest absolute Gasteiger partial charge is 0.416 e. The Hall–Kier alpha value is -5.41. The van der Waals surface area contributed by atoms with E-state index in [-0.39, 0.29) is 48.8 Å². The van der Waals surface area contributed by atoms with Gasteiger partial charge in [-0.3, -0.25) is 4.79 Å². The molecule has 4 atom stereocenters. The molecule has 0 aromatic heterocycles. The van der Waals surface area contributed by atoms with Gasteiger partial charge in [-0.25, -0.2) is 9.59 Å². The number of esters is 2. The van der Waals surface area contributed by atoms with Crippen LogP contribution < -0.4 is 9.47 Å². The summed E-state index contributed by atoms with van der Waals surface area (Å²) in [6, 6.07) is 19.8. The maximum absolute atomic E-state index is 13.5. The summed E-state index contributed by atoms with van der Waals surface area (Å²) < 4.78 is 103. The minimum absolute atomic E-state index is 0.147. The largest absolute Gasteiger partial charge is 0.474 e. The number of hydrogen-bond donors (Lipinski definition) is 0. The highest BCUT2D eigenvalue weighted by Crippen LogP contribution is 2.35. The number of alkyl halides is 6. The minimum Gasteiger partial charge on any atom is -0.474 e. The van der Waals surface area contributed by atoms with Crippen LogP contribution in [-0.4, -0.2) is 66.0 Å². The van der Waals surface area contributed by atoms with Crippen LogP contribution in [0.25, 0.3) is 0 Å². The summed E-state index contributed by atoms with van der Waals surface area (Å²) in [5.41, 5.74) is -1.10. The molecule has 0 unspecified atom stereocenters. The Morgan fingerprint density at radius 2 is 0.983 bits per heavy atom. The van der Waals surface area contributed by atoms with Crippen LogP contribution in [0.4, 0.5) is 26.3 Å². The van der Waals surface area contributed by atoms with Crippen LogP contribution in [-0.2, 0) is 36.2 Å². The summed E-state index contributed by atoms with van der Waals surface area (Å²) in [5, 5.41) is 0.685. The van der Waals surface area contributed by atoms with Gasteiger partial charge < -0.3 is 28.7 Å². The third-order valence-electron chi connectivity index (χ3n) is 9.00. The molecule has 1 saturated heterocycles. The molecule has 308 valence electrons. The van der Waals surface area contributed by atoms with Gasteiger partial charge >= 0.3 is 24.3 Å². The molecule has 0 bridgehead atoms. The predicted molar refractivity (Wildman–Crippen MR) is 201 cm³/mol. The second kappa shape index (κ2) is 18.5. The van der Waals surface area contributed by atoms with Gasteiger partial charge in [0.25, 0.3) is 5.91 Å². The number of nitrogens with zero attached hydrogens (tertiary/aromatic N) is 2. The molecule has 9 nitrogen and oxygen atoms in total. The zero-order valence-corrected chi connectivity index (χ0v) is 32.4. The van der Waals surface area contributed by atoms with E-state index in [2.05, 4.69) is 6.58 Å². The van der Waals surface area contributed by atoms with Crippen molar-refractivity contribution in [1.29, 1.82) is 0 Å². The lowest BCUT2D eigenvalue weighted by Crippen LogP contribution is -2.52. The van der Waals surface area contributed by atoms with E-state index in [0.717, 1.165) is 36.4 Å². The van der Waals surface area contributed by atoms with E-state index < -0.39 is 65.7 Å². The average molecular weight is 854 g/mol. The van der Waals surface area contributed by atoms with E-state index in [0.29, 0.717) is 15.7 Å². The Morgan fingerprint density at radius 3 is 1.38 bits per heavy atom. The van der Waals surface area contributed by atoms with Crippen LogP contribution in [0.2, 0.25) is 10.0 Å². The average Bonchev–Trinajstić information content (AvgIpc) is 3.18. The number of carbonyl (C=O) groups is 3. The number of hydrogen-bond acceptors (Lipinski definition) is 8. The van der Waals surface area contributed by atoms with Crippen molar-refractivity contribution in [3.8, 4) is 11.5 Å². The lowest BCUT2D eigenvalue weighted by molar-refractivity contribution is -0.166. The summed E-state index contributed by atoms with van der Waals surface area (Å²) >= 11 is 12.0. The number of benzene rings is 4. The van der Waals surface area contributed by atoms with E-state index in [4.69, 9.17) is 42.1 Å². The van der Waals surface area contributed by atoms with Crippen molar-refractivity contribution in [1.82, 2.24) is 9.80 Å². The first-order valence-electron chi connectivity index (χ1n) is 17.6. The zero-order valence-electron chi connectivity index (χ0n) is 30.9. The van der Waals surface area contributed by atoms with Gasteiger partial charge in [-0.2, -0.15) is 26.3 Å². The molecule has 17 heteroatoms. The van der Waals surface area contributed by atoms with Crippen molar-refractivity contribution in [3.05, 3.63) is 142 Å². The second-order valence-electron chi connectivity index (χ2n) is 13.1. The van der Waals surface area contributed by atoms with Gasteiger partial charge in [0, 0.05) is 53.0 Å². The molecule has 1 aliphatic rings. The molecule has 1 aliphatic heterocycles. The van der Waals surface area contributed by atoms with Crippen molar-refractivity contribution >= 4 is 41.0 Å². The monoisotopic (exact) mass is 852 g/mol. The van der Waals surface area contributed by atoms with Gasteiger partial charge in [-0.1, -0.05) is 66.2 Å². The molecule has 58 heavy (non-hydrogen) atoms. The molecule has 0 spiro atoms. The number of piperazine rings is 1. The third kappa shape index (κ3) is 11.4. The first kappa shape index (κ1) is 43.7. The van der Waals surface area contributed by atoms with Crippen LogP contribution in [0.1, 0.15) is 48.3 Å². The molecule has 4 aromatic carbocycles. The van der Waals surface area contributed by atoms with Crippen LogP contribution >= 0.6 is 23.2 Å². The summed E-state index contributed by atoms with van der Waals surface area (Å²) in [6.07, 6.45) is -14.6. The first-order chi connectivity index (χ1) is 27.3. The molecule has 0 saturated carbocycles. The summed E-state index contributed by atoms with van der Waals surface area (Å²) in [5.74, 6) is -2.97. The van der Waals surface area contributed by atoms with Gasteiger partial charge in [-0.05, 0) is 74.5 Å². The molecular formula is C41H36Cl2F6N2O7. The topological polar surface area (TPSA) is 94.6 Å². The Labute approximate surface area is 339 Å². The van der Waals surface area contributed by atoms with Gasteiger partial charge in [-0.15, -0.1) is 0 Å². The SMILES string of the molecule is C=C([C@H](C)OC(=O)[C@H](Oc1cccc(C(F)(F)F)c1)c1ccc(Cl)cc1)N1CCN(C(=O)[C@H](C)OC(=O)[C@H](Oc2cccc(C(F)(F)F)c2)c2ccc(Cl)cc2)CC1. The van der Waals surface area contributed by atoms with Gasteiger partial charge in [0.05, 0.1) is 11.1 Å². The Kier molecular flexibility index (Phi) is 13.9. The maximum Gasteiger partial charge on any atom is 0.416 e. The lowest BCUT2D eigenvalue weighted by atomic mass is 10.1. The van der Waals surface area contributed by atoms with Gasteiger partial charge in [0.15, 0.2) is 6.10 Å². The molecule has 1 amide bonds. The Morgan fingerprint density at radius 1 is 0.603 bits per heavy atom. The van der Waals surface area contributed by atoms with E-state index >= 15 is 0 Å². The lowest BCUT2D eigenvalue weighted by Gasteiger charge is -2.39. The number of carbonyl (C=O) groups excluding carboxylic acids is 3. The van der Waals surface area contributed by atoms with Crippen molar-refractivity contribution in [2.24, 2.45) is 0 Å². The van der Waals surface area contributed by atoms with Crippen LogP contribution in [0.3, 0.4) is 0 Å². The van der Waals surface area contributed by atoms with Crippen LogP contribution in [0.5, 0.6) is 11.5 Å². The Bertz CT molecular complexity index is 1940.